The van der Waals surface area contributed by atoms with Crippen molar-refractivity contribution >= 4 is 17.8 Å². The predicted molar refractivity (Wildman–Crippen MR) is 75.6 cm³/mol. The minimum Gasteiger partial charge on any atom is -0.396 e. The third-order valence-electron chi connectivity index (χ3n) is 3.10. The smallest absolute Gasteiger partial charge is 0.231 e. The average Bonchev–Trinajstić information content (AvgIpc) is 2.48. The van der Waals surface area contributed by atoms with Crippen LogP contribution in [-0.4, -0.2) is 53.3 Å². The molecule has 0 aliphatic carbocycles. The molecule has 1 aromatic heterocycles. The van der Waals surface area contributed by atoms with Crippen molar-refractivity contribution in [2.75, 3.05) is 48.8 Å². The summed E-state index contributed by atoms with van der Waals surface area (Å²) >= 11 is 0. The lowest BCUT2D eigenvalue weighted by Gasteiger charge is -2.26. The Morgan fingerprint density at radius 2 is 1.84 bits per heavy atom. The van der Waals surface area contributed by atoms with Gasteiger partial charge in [-0.2, -0.15) is 15.0 Å². The molecule has 0 amide bonds. The summed E-state index contributed by atoms with van der Waals surface area (Å²) in [6, 6.07) is 0. The molecule has 1 aromatic rings. The monoisotopic (exact) mass is 266 g/mol. The van der Waals surface area contributed by atoms with E-state index in [9.17, 15) is 0 Å². The highest BCUT2D eigenvalue weighted by Gasteiger charge is 2.15. The normalized spacial score (nSPS) is 15.4. The van der Waals surface area contributed by atoms with E-state index < -0.39 is 0 Å². The van der Waals surface area contributed by atoms with Crippen LogP contribution in [0.1, 0.15) is 25.7 Å². The van der Waals surface area contributed by atoms with Gasteiger partial charge in [-0.25, -0.2) is 0 Å². The fourth-order valence-electron chi connectivity index (χ4n) is 2.07. The van der Waals surface area contributed by atoms with Gasteiger partial charge in [0.2, 0.25) is 17.8 Å². The summed E-state index contributed by atoms with van der Waals surface area (Å²) in [7, 11) is 1.80. The highest BCUT2D eigenvalue weighted by Crippen LogP contribution is 2.18. The van der Waals surface area contributed by atoms with Crippen LogP contribution in [0.5, 0.6) is 0 Å². The lowest BCUT2D eigenvalue weighted by Crippen LogP contribution is -2.31. The van der Waals surface area contributed by atoms with E-state index in [2.05, 4.69) is 30.5 Å². The van der Waals surface area contributed by atoms with Crippen molar-refractivity contribution in [1.82, 2.24) is 15.0 Å². The number of nitrogens with one attached hydrogen (secondary N) is 2. The second kappa shape index (κ2) is 7.08. The number of rotatable bonds is 6. The Bertz CT molecular complexity index is 394. The number of hydrogen-bond acceptors (Lipinski definition) is 7. The highest BCUT2D eigenvalue weighted by atomic mass is 16.3. The molecule has 0 bridgehead atoms. The van der Waals surface area contributed by atoms with Gasteiger partial charge < -0.3 is 20.6 Å². The number of hydrogen-bond donors (Lipinski definition) is 3. The average molecular weight is 266 g/mol. The first-order valence-electron chi connectivity index (χ1n) is 6.87. The molecule has 2 heterocycles. The molecule has 1 aliphatic rings. The van der Waals surface area contributed by atoms with Crippen molar-refractivity contribution in [1.29, 1.82) is 0 Å². The summed E-state index contributed by atoms with van der Waals surface area (Å²) in [4.78, 5) is 15.3. The molecule has 0 unspecified atom stereocenters. The summed E-state index contributed by atoms with van der Waals surface area (Å²) in [6.45, 7) is 2.82. The molecule has 1 aliphatic heterocycles. The van der Waals surface area contributed by atoms with E-state index in [4.69, 9.17) is 5.11 Å². The van der Waals surface area contributed by atoms with Crippen LogP contribution >= 0.6 is 0 Å². The van der Waals surface area contributed by atoms with E-state index in [0.717, 1.165) is 19.0 Å². The molecule has 2 rings (SSSR count). The molecule has 1 saturated heterocycles. The van der Waals surface area contributed by atoms with Gasteiger partial charge in [-0.05, 0) is 25.7 Å². The Hall–Kier alpha value is -1.63. The SMILES string of the molecule is CNc1nc(NCCCO)nc(N2CCCCC2)n1. The van der Waals surface area contributed by atoms with E-state index >= 15 is 0 Å². The second-order valence-corrected chi connectivity index (χ2v) is 4.58. The van der Waals surface area contributed by atoms with E-state index in [-0.39, 0.29) is 6.61 Å². The number of nitrogens with zero attached hydrogens (tertiary/aromatic N) is 4. The second-order valence-electron chi connectivity index (χ2n) is 4.58. The van der Waals surface area contributed by atoms with Crippen LogP contribution in [0.2, 0.25) is 0 Å². The van der Waals surface area contributed by atoms with E-state index in [1.54, 1.807) is 7.05 Å². The van der Waals surface area contributed by atoms with Crippen molar-refractivity contribution < 1.29 is 5.11 Å². The highest BCUT2D eigenvalue weighted by molar-refractivity contribution is 5.43. The molecule has 0 spiro atoms. The first-order valence-corrected chi connectivity index (χ1v) is 6.87. The van der Waals surface area contributed by atoms with Crippen LogP contribution < -0.4 is 15.5 Å². The Kier molecular flexibility index (Phi) is 5.14. The maximum Gasteiger partial charge on any atom is 0.231 e. The zero-order valence-electron chi connectivity index (χ0n) is 11.4. The first-order chi connectivity index (χ1) is 9.33. The minimum atomic E-state index is 0.163. The zero-order valence-corrected chi connectivity index (χ0v) is 11.4. The fourth-order valence-corrected chi connectivity index (χ4v) is 2.07. The number of anilines is 3. The van der Waals surface area contributed by atoms with Crippen LogP contribution in [0.3, 0.4) is 0 Å². The molecule has 106 valence electrons. The van der Waals surface area contributed by atoms with Gasteiger partial charge in [-0.3, -0.25) is 0 Å². The lowest BCUT2D eigenvalue weighted by molar-refractivity contribution is 0.292. The van der Waals surface area contributed by atoms with Gasteiger partial charge in [0.25, 0.3) is 0 Å². The first kappa shape index (κ1) is 13.8. The Morgan fingerprint density at radius 1 is 1.11 bits per heavy atom. The zero-order chi connectivity index (χ0) is 13.5. The quantitative estimate of drug-likeness (QED) is 0.653. The van der Waals surface area contributed by atoms with Crippen molar-refractivity contribution in [3.05, 3.63) is 0 Å². The lowest BCUT2D eigenvalue weighted by atomic mass is 10.1. The van der Waals surface area contributed by atoms with Crippen LogP contribution in [0.15, 0.2) is 0 Å². The molecule has 19 heavy (non-hydrogen) atoms. The molecule has 7 nitrogen and oxygen atoms in total. The van der Waals surface area contributed by atoms with E-state index in [0.29, 0.717) is 24.9 Å². The topological polar surface area (TPSA) is 86.2 Å². The molecular formula is C12H22N6O. The van der Waals surface area contributed by atoms with Crippen LogP contribution in [0.25, 0.3) is 0 Å². The largest absolute Gasteiger partial charge is 0.396 e. The third-order valence-corrected chi connectivity index (χ3v) is 3.10. The summed E-state index contributed by atoms with van der Waals surface area (Å²) in [5.41, 5.74) is 0. The summed E-state index contributed by atoms with van der Waals surface area (Å²) in [6.07, 6.45) is 4.34. The van der Waals surface area contributed by atoms with Gasteiger partial charge in [-0.15, -0.1) is 0 Å². The number of aliphatic hydroxyl groups excluding tert-OH is 1. The summed E-state index contributed by atoms with van der Waals surface area (Å²) < 4.78 is 0. The Labute approximate surface area is 113 Å². The van der Waals surface area contributed by atoms with E-state index in [1.165, 1.54) is 19.3 Å². The van der Waals surface area contributed by atoms with Crippen LogP contribution in [-0.2, 0) is 0 Å². The maximum atomic E-state index is 8.79. The molecule has 0 aromatic carbocycles. The molecule has 1 fully saturated rings. The Balaban J connectivity index is 2.10. The Morgan fingerprint density at radius 3 is 2.53 bits per heavy atom. The van der Waals surface area contributed by atoms with Gasteiger partial charge >= 0.3 is 0 Å². The number of aromatic nitrogens is 3. The van der Waals surface area contributed by atoms with Crippen LogP contribution in [0.4, 0.5) is 17.8 Å². The molecule has 0 atom stereocenters. The van der Waals surface area contributed by atoms with Gasteiger partial charge in [0.05, 0.1) is 0 Å². The fraction of sp³-hybridized carbons (Fsp3) is 0.750. The van der Waals surface area contributed by atoms with Gasteiger partial charge in [-0.1, -0.05) is 0 Å². The molecule has 0 saturated carbocycles. The molecular weight excluding hydrogens is 244 g/mol. The van der Waals surface area contributed by atoms with Gasteiger partial charge in [0.1, 0.15) is 0 Å². The number of aliphatic hydroxyl groups is 1. The van der Waals surface area contributed by atoms with Crippen molar-refractivity contribution in [3.63, 3.8) is 0 Å². The van der Waals surface area contributed by atoms with Gasteiger partial charge in [0, 0.05) is 33.3 Å². The van der Waals surface area contributed by atoms with Crippen molar-refractivity contribution in [2.24, 2.45) is 0 Å². The summed E-state index contributed by atoms with van der Waals surface area (Å²) in [5.74, 6) is 1.86. The standard InChI is InChI=1S/C12H22N6O/c1-13-10-15-11(14-6-5-9-19)17-12(16-10)18-7-3-2-4-8-18/h19H,2-9H2,1H3,(H2,13,14,15,16,17). The van der Waals surface area contributed by atoms with Crippen molar-refractivity contribution in [2.45, 2.75) is 25.7 Å². The number of piperidine rings is 1. The molecule has 7 heteroatoms. The summed E-state index contributed by atoms with van der Waals surface area (Å²) in [5, 5.41) is 14.9. The van der Waals surface area contributed by atoms with Crippen LogP contribution in [0, 0.1) is 0 Å². The molecule has 3 N–H and O–H groups in total. The third kappa shape index (κ3) is 3.92. The van der Waals surface area contributed by atoms with E-state index in [1.807, 2.05) is 0 Å². The predicted octanol–water partition coefficient (Wildman–Crippen LogP) is 0.698. The van der Waals surface area contributed by atoms with Gasteiger partial charge in [0.15, 0.2) is 0 Å². The maximum absolute atomic E-state index is 8.79. The minimum absolute atomic E-state index is 0.163. The molecule has 0 radical (unpaired) electrons. The van der Waals surface area contributed by atoms with Crippen molar-refractivity contribution in [3.8, 4) is 0 Å².